The minimum Gasteiger partial charge on any atom is -0.507 e. The molecule has 0 amide bonds. The molecule has 2 aromatic carbocycles. The van der Waals surface area contributed by atoms with Crippen LogP contribution in [0.5, 0.6) is 11.5 Å². The largest absolute Gasteiger partial charge is 0.507 e. The molecule has 0 spiro atoms. The van der Waals surface area contributed by atoms with E-state index in [1.165, 1.54) is 18.2 Å². The van der Waals surface area contributed by atoms with Crippen LogP contribution in [0.1, 0.15) is 10.4 Å². The van der Waals surface area contributed by atoms with Crippen molar-refractivity contribution in [1.29, 1.82) is 0 Å². The van der Waals surface area contributed by atoms with Crippen LogP contribution in [-0.4, -0.2) is 17.5 Å². The van der Waals surface area contributed by atoms with E-state index in [-0.39, 0.29) is 11.3 Å². The van der Waals surface area contributed by atoms with Crippen LogP contribution in [-0.2, 0) is 0 Å². The van der Waals surface area contributed by atoms with Crippen molar-refractivity contribution < 1.29 is 14.6 Å². The standard InChI is InChI=1S/C14H11ClN2O3/c1-20-11-5-2-9(3-6-11)16-17-10-4-7-13(18)12(8-10)14(15)19/h2-8,18H,1H3/b17-16+. The van der Waals surface area contributed by atoms with E-state index in [1.54, 1.807) is 31.4 Å². The number of phenolic OH excluding ortho intramolecular Hbond substituents is 1. The lowest BCUT2D eigenvalue weighted by Crippen LogP contribution is -1.88. The van der Waals surface area contributed by atoms with Crippen LogP contribution < -0.4 is 4.74 Å². The van der Waals surface area contributed by atoms with Crippen LogP contribution in [0.3, 0.4) is 0 Å². The zero-order chi connectivity index (χ0) is 14.5. The third kappa shape index (κ3) is 3.33. The lowest BCUT2D eigenvalue weighted by Gasteiger charge is -2.00. The van der Waals surface area contributed by atoms with Gasteiger partial charge in [0.2, 0.25) is 0 Å². The van der Waals surface area contributed by atoms with Gasteiger partial charge in [0.05, 0.1) is 24.0 Å². The second-order valence-electron chi connectivity index (χ2n) is 3.87. The summed E-state index contributed by atoms with van der Waals surface area (Å²) < 4.78 is 5.04. The van der Waals surface area contributed by atoms with Crippen molar-refractivity contribution in [2.75, 3.05) is 7.11 Å². The van der Waals surface area contributed by atoms with Gasteiger partial charge in [0.25, 0.3) is 5.24 Å². The van der Waals surface area contributed by atoms with Crippen molar-refractivity contribution in [2.45, 2.75) is 0 Å². The van der Waals surface area contributed by atoms with Gasteiger partial charge in [0.1, 0.15) is 11.5 Å². The number of halogens is 1. The van der Waals surface area contributed by atoms with Gasteiger partial charge in [0.15, 0.2) is 0 Å². The summed E-state index contributed by atoms with van der Waals surface area (Å²) in [4.78, 5) is 11.1. The molecule has 6 heteroatoms. The maximum Gasteiger partial charge on any atom is 0.256 e. The first kappa shape index (κ1) is 14.0. The summed E-state index contributed by atoms with van der Waals surface area (Å²) in [5.74, 6) is 0.539. The zero-order valence-corrected chi connectivity index (χ0v) is 11.3. The summed E-state index contributed by atoms with van der Waals surface area (Å²) in [6.07, 6.45) is 0. The van der Waals surface area contributed by atoms with Crippen molar-refractivity contribution in [3.8, 4) is 11.5 Å². The maximum absolute atomic E-state index is 11.1. The first-order valence-electron chi connectivity index (χ1n) is 5.69. The quantitative estimate of drug-likeness (QED) is 0.677. The Morgan fingerprint density at radius 2 is 1.70 bits per heavy atom. The predicted octanol–water partition coefficient (Wildman–Crippen LogP) is 4.20. The molecule has 102 valence electrons. The highest BCUT2D eigenvalue weighted by atomic mass is 35.5. The molecule has 0 heterocycles. The van der Waals surface area contributed by atoms with E-state index in [4.69, 9.17) is 16.3 Å². The normalized spacial score (nSPS) is 10.7. The Labute approximate surface area is 120 Å². The molecule has 0 aromatic heterocycles. The number of aromatic hydroxyl groups is 1. The number of hydrogen-bond acceptors (Lipinski definition) is 5. The monoisotopic (exact) mass is 290 g/mol. The second-order valence-corrected chi connectivity index (χ2v) is 4.22. The number of azo groups is 1. The highest BCUT2D eigenvalue weighted by molar-refractivity contribution is 6.68. The molecule has 2 rings (SSSR count). The smallest absolute Gasteiger partial charge is 0.256 e. The van der Waals surface area contributed by atoms with E-state index in [2.05, 4.69) is 10.2 Å². The van der Waals surface area contributed by atoms with Crippen LogP contribution in [0.25, 0.3) is 0 Å². The Hall–Kier alpha value is -2.40. The summed E-state index contributed by atoms with van der Waals surface area (Å²) in [7, 11) is 1.58. The average molecular weight is 291 g/mol. The lowest BCUT2D eigenvalue weighted by molar-refractivity contribution is 0.107. The fourth-order valence-electron chi connectivity index (χ4n) is 1.51. The molecule has 1 N–H and O–H groups in total. The van der Waals surface area contributed by atoms with Gasteiger partial charge >= 0.3 is 0 Å². The zero-order valence-electron chi connectivity index (χ0n) is 10.6. The van der Waals surface area contributed by atoms with E-state index in [1.807, 2.05) is 0 Å². The molecule has 0 atom stereocenters. The molecule has 0 radical (unpaired) electrons. The molecule has 0 aliphatic rings. The number of rotatable bonds is 4. The van der Waals surface area contributed by atoms with Gasteiger partial charge in [-0.1, -0.05) is 0 Å². The Kier molecular flexibility index (Phi) is 4.32. The fraction of sp³-hybridized carbons (Fsp3) is 0.0714. The summed E-state index contributed by atoms with van der Waals surface area (Å²) >= 11 is 5.35. The number of phenols is 1. The van der Waals surface area contributed by atoms with E-state index in [0.29, 0.717) is 11.4 Å². The molecule has 0 bridgehead atoms. The molecule has 0 saturated carbocycles. The number of benzene rings is 2. The second kappa shape index (κ2) is 6.16. The predicted molar refractivity (Wildman–Crippen MR) is 75.5 cm³/mol. The first-order chi connectivity index (χ1) is 9.60. The minimum absolute atomic E-state index is 0.00199. The number of carbonyl (C=O) groups excluding carboxylic acids is 1. The Morgan fingerprint density at radius 3 is 2.30 bits per heavy atom. The third-order valence-electron chi connectivity index (χ3n) is 2.55. The number of methoxy groups -OCH3 is 1. The number of nitrogens with zero attached hydrogens (tertiary/aromatic N) is 2. The summed E-state index contributed by atoms with van der Waals surface area (Å²) in [5, 5.41) is 16.7. The van der Waals surface area contributed by atoms with E-state index in [9.17, 15) is 9.90 Å². The van der Waals surface area contributed by atoms with Crippen LogP contribution in [0.15, 0.2) is 52.7 Å². The van der Waals surface area contributed by atoms with E-state index >= 15 is 0 Å². The number of hydrogen-bond donors (Lipinski definition) is 1. The van der Waals surface area contributed by atoms with Gasteiger partial charge < -0.3 is 9.84 Å². The van der Waals surface area contributed by atoms with Crippen molar-refractivity contribution >= 4 is 28.2 Å². The van der Waals surface area contributed by atoms with Crippen LogP contribution in [0.4, 0.5) is 11.4 Å². The van der Waals surface area contributed by atoms with Gasteiger partial charge in [-0.2, -0.15) is 10.2 Å². The number of ether oxygens (including phenoxy) is 1. The van der Waals surface area contributed by atoms with E-state index in [0.717, 1.165) is 5.75 Å². The summed E-state index contributed by atoms with van der Waals surface area (Å²) in [5.41, 5.74) is 1.05. The topological polar surface area (TPSA) is 71.2 Å². The van der Waals surface area contributed by atoms with Crippen molar-refractivity contribution in [3.63, 3.8) is 0 Å². The Bertz CT molecular complexity index is 654. The highest BCUT2D eigenvalue weighted by Crippen LogP contribution is 2.26. The van der Waals surface area contributed by atoms with Crippen LogP contribution in [0.2, 0.25) is 0 Å². The van der Waals surface area contributed by atoms with Gasteiger partial charge in [0, 0.05) is 0 Å². The Balaban J connectivity index is 2.22. The molecule has 0 aliphatic carbocycles. The molecule has 20 heavy (non-hydrogen) atoms. The van der Waals surface area contributed by atoms with Gasteiger partial charge in [-0.3, -0.25) is 4.79 Å². The highest BCUT2D eigenvalue weighted by Gasteiger charge is 2.08. The molecule has 2 aromatic rings. The van der Waals surface area contributed by atoms with Crippen molar-refractivity contribution in [3.05, 3.63) is 48.0 Å². The van der Waals surface area contributed by atoms with Crippen molar-refractivity contribution in [2.24, 2.45) is 10.2 Å². The molecule has 0 fully saturated rings. The maximum atomic E-state index is 11.1. The Morgan fingerprint density at radius 1 is 1.10 bits per heavy atom. The number of carbonyl (C=O) groups is 1. The van der Waals surface area contributed by atoms with E-state index < -0.39 is 5.24 Å². The van der Waals surface area contributed by atoms with Gasteiger partial charge in [-0.25, -0.2) is 0 Å². The average Bonchev–Trinajstić information content (AvgIpc) is 2.46. The summed E-state index contributed by atoms with van der Waals surface area (Å²) in [6.45, 7) is 0. The SMILES string of the molecule is COc1ccc(/N=N/c2ccc(O)c(C(=O)Cl)c2)cc1. The minimum atomic E-state index is -0.746. The first-order valence-corrected chi connectivity index (χ1v) is 6.06. The van der Waals surface area contributed by atoms with Crippen molar-refractivity contribution in [1.82, 2.24) is 0 Å². The van der Waals surface area contributed by atoms with Crippen LogP contribution >= 0.6 is 11.6 Å². The van der Waals surface area contributed by atoms with Gasteiger partial charge in [-0.05, 0) is 54.1 Å². The van der Waals surface area contributed by atoms with Crippen LogP contribution in [0, 0.1) is 0 Å². The third-order valence-corrected chi connectivity index (χ3v) is 2.75. The summed E-state index contributed by atoms with van der Waals surface area (Å²) in [6, 6.07) is 11.3. The molecule has 0 aliphatic heterocycles. The lowest BCUT2D eigenvalue weighted by atomic mass is 10.2. The molecular weight excluding hydrogens is 280 g/mol. The fourth-order valence-corrected chi connectivity index (χ4v) is 1.66. The molecule has 0 saturated heterocycles. The molecule has 5 nitrogen and oxygen atoms in total. The van der Waals surface area contributed by atoms with Gasteiger partial charge in [-0.15, -0.1) is 0 Å². The molecule has 0 unspecified atom stereocenters. The molecular formula is C14H11ClN2O3.